The van der Waals surface area contributed by atoms with E-state index in [2.05, 4.69) is 20.4 Å². The van der Waals surface area contributed by atoms with Crippen LogP contribution < -0.4 is 0 Å². The fourth-order valence-electron chi connectivity index (χ4n) is 1.80. The summed E-state index contributed by atoms with van der Waals surface area (Å²) in [5.41, 5.74) is 0.938. The van der Waals surface area contributed by atoms with E-state index in [1.54, 1.807) is 11.8 Å². The first-order chi connectivity index (χ1) is 10.2. The zero-order chi connectivity index (χ0) is 14.7. The number of hydrogen-bond acceptors (Lipinski definition) is 6. The molecule has 2 heterocycles. The van der Waals surface area contributed by atoms with Crippen LogP contribution in [0.15, 0.2) is 39.9 Å². The van der Waals surface area contributed by atoms with Crippen LogP contribution in [-0.4, -0.2) is 30.7 Å². The zero-order valence-electron chi connectivity index (χ0n) is 11.9. The van der Waals surface area contributed by atoms with E-state index in [4.69, 9.17) is 4.42 Å². The quantitative estimate of drug-likeness (QED) is 0.674. The van der Waals surface area contributed by atoms with Gasteiger partial charge in [-0.3, -0.25) is 0 Å². The molecule has 6 nitrogen and oxygen atoms in total. The minimum Gasteiger partial charge on any atom is -0.421 e. The van der Waals surface area contributed by atoms with Crippen molar-refractivity contribution in [1.29, 1.82) is 0 Å². The molecule has 0 N–H and O–H groups in total. The zero-order valence-corrected chi connectivity index (χ0v) is 12.7. The van der Waals surface area contributed by atoms with Gasteiger partial charge in [0.1, 0.15) is 5.82 Å². The molecule has 0 atom stereocenters. The van der Waals surface area contributed by atoms with Crippen molar-refractivity contribution in [3.63, 3.8) is 0 Å². The van der Waals surface area contributed by atoms with Gasteiger partial charge in [0.2, 0.25) is 11.8 Å². The SMILES string of the molecule is Cc1nnc(SCCc2nnc(-c3ccccc3)o2)n1C. The molecule has 0 aliphatic rings. The molecular formula is C14H15N5OS. The second-order valence-corrected chi connectivity index (χ2v) is 5.62. The third-order valence-corrected chi connectivity index (χ3v) is 4.11. The van der Waals surface area contributed by atoms with Crippen molar-refractivity contribution in [2.45, 2.75) is 18.5 Å². The first-order valence-corrected chi connectivity index (χ1v) is 7.59. The summed E-state index contributed by atoms with van der Waals surface area (Å²) in [6, 6.07) is 9.76. The van der Waals surface area contributed by atoms with E-state index >= 15 is 0 Å². The Hall–Kier alpha value is -2.15. The molecule has 0 amide bonds. The Morgan fingerprint density at radius 3 is 2.62 bits per heavy atom. The summed E-state index contributed by atoms with van der Waals surface area (Å²) < 4.78 is 7.63. The summed E-state index contributed by atoms with van der Waals surface area (Å²) in [6.45, 7) is 1.93. The van der Waals surface area contributed by atoms with Crippen LogP contribution in [-0.2, 0) is 13.5 Å². The topological polar surface area (TPSA) is 69.6 Å². The third kappa shape index (κ3) is 3.13. The summed E-state index contributed by atoms with van der Waals surface area (Å²) in [5, 5.41) is 17.2. The van der Waals surface area contributed by atoms with Crippen molar-refractivity contribution in [2.24, 2.45) is 7.05 Å². The van der Waals surface area contributed by atoms with Crippen molar-refractivity contribution in [2.75, 3.05) is 5.75 Å². The lowest BCUT2D eigenvalue weighted by atomic mass is 10.2. The van der Waals surface area contributed by atoms with Crippen LogP contribution in [0.2, 0.25) is 0 Å². The largest absolute Gasteiger partial charge is 0.421 e. The number of benzene rings is 1. The van der Waals surface area contributed by atoms with Gasteiger partial charge in [0.25, 0.3) is 0 Å². The number of hydrogen-bond donors (Lipinski definition) is 0. The molecule has 0 saturated carbocycles. The molecule has 3 aromatic rings. The van der Waals surface area contributed by atoms with Crippen LogP contribution >= 0.6 is 11.8 Å². The monoisotopic (exact) mass is 301 g/mol. The van der Waals surface area contributed by atoms with Gasteiger partial charge in [-0.2, -0.15) is 0 Å². The van der Waals surface area contributed by atoms with Gasteiger partial charge in [0, 0.05) is 24.8 Å². The Bertz CT molecular complexity index is 722. The number of aromatic nitrogens is 5. The van der Waals surface area contributed by atoms with Gasteiger partial charge in [0.05, 0.1) is 0 Å². The molecule has 7 heteroatoms. The van der Waals surface area contributed by atoms with Gasteiger partial charge < -0.3 is 8.98 Å². The van der Waals surface area contributed by atoms with Gasteiger partial charge in [-0.25, -0.2) is 0 Å². The maximum atomic E-state index is 5.66. The standard InChI is InChI=1S/C14H15N5OS/c1-10-15-18-14(19(10)2)21-9-8-12-16-17-13(20-12)11-6-4-3-5-7-11/h3-7H,8-9H2,1-2H3. The molecule has 0 spiro atoms. The van der Waals surface area contributed by atoms with E-state index in [0.29, 0.717) is 18.2 Å². The Morgan fingerprint density at radius 2 is 1.90 bits per heavy atom. The molecule has 0 bridgehead atoms. The van der Waals surface area contributed by atoms with Crippen molar-refractivity contribution in [1.82, 2.24) is 25.0 Å². The Kier molecular flexibility index (Phi) is 4.01. The van der Waals surface area contributed by atoms with Crippen LogP contribution in [0.1, 0.15) is 11.7 Å². The van der Waals surface area contributed by atoms with Crippen molar-refractivity contribution in [3.05, 3.63) is 42.0 Å². The molecule has 0 saturated heterocycles. The summed E-state index contributed by atoms with van der Waals surface area (Å²) >= 11 is 1.63. The first-order valence-electron chi connectivity index (χ1n) is 6.60. The number of nitrogens with zero attached hydrogens (tertiary/aromatic N) is 5. The molecule has 1 aromatic carbocycles. The second-order valence-electron chi connectivity index (χ2n) is 4.55. The lowest BCUT2D eigenvalue weighted by Crippen LogP contribution is -1.95. The van der Waals surface area contributed by atoms with Crippen LogP contribution in [0.5, 0.6) is 0 Å². The lowest BCUT2D eigenvalue weighted by molar-refractivity contribution is 0.514. The molecular weight excluding hydrogens is 286 g/mol. The van der Waals surface area contributed by atoms with Gasteiger partial charge in [-0.05, 0) is 19.1 Å². The average Bonchev–Trinajstić information content (AvgIpc) is 3.10. The minimum atomic E-state index is 0.560. The van der Waals surface area contributed by atoms with Gasteiger partial charge in [-0.1, -0.05) is 30.0 Å². The highest BCUT2D eigenvalue weighted by Crippen LogP contribution is 2.20. The maximum Gasteiger partial charge on any atom is 0.247 e. The predicted octanol–water partition coefficient (Wildman–Crippen LogP) is 2.51. The summed E-state index contributed by atoms with van der Waals surface area (Å²) in [4.78, 5) is 0. The Balaban J connectivity index is 1.59. The maximum absolute atomic E-state index is 5.66. The molecule has 0 unspecified atom stereocenters. The second kappa shape index (κ2) is 6.09. The highest BCUT2D eigenvalue weighted by molar-refractivity contribution is 7.99. The van der Waals surface area contributed by atoms with Gasteiger partial charge >= 0.3 is 0 Å². The van der Waals surface area contributed by atoms with E-state index in [0.717, 1.165) is 22.3 Å². The highest BCUT2D eigenvalue weighted by atomic mass is 32.2. The highest BCUT2D eigenvalue weighted by Gasteiger charge is 2.10. The number of rotatable bonds is 5. The fraction of sp³-hybridized carbons (Fsp3) is 0.286. The first kappa shape index (κ1) is 13.8. The van der Waals surface area contributed by atoms with Crippen molar-refractivity contribution < 1.29 is 4.42 Å². The Morgan fingerprint density at radius 1 is 1.10 bits per heavy atom. The fourth-order valence-corrected chi connectivity index (χ4v) is 2.68. The molecule has 2 aromatic heterocycles. The molecule has 21 heavy (non-hydrogen) atoms. The molecule has 3 rings (SSSR count). The van der Waals surface area contributed by atoms with E-state index in [1.165, 1.54) is 0 Å². The van der Waals surface area contributed by atoms with E-state index in [1.807, 2.05) is 48.9 Å². The molecule has 0 radical (unpaired) electrons. The summed E-state index contributed by atoms with van der Waals surface area (Å²) in [7, 11) is 1.96. The smallest absolute Gasteiger partial charge is 0.247 e. The molecule has 0 fully saturated rings. The predicted molar refractivity (Wildman–Crippen MR) is 79.9 cm³/mol. The van der Waals surface area contributed by atoms with E-state index in [-0.39, 0.29) is 0 Å². The number of aryl methyl sites for hydroxylation is 2. The Labute approximate surface area is 126 Å². The van der Waals surface area contributed by atoms with Crippen molar-refractivity contribution in [3.8, 4) is 11.5 Å². The molecule has 0 aliphatic carbocycles. The van der Waals surface area contributed by atoms with E-state index in [9.17, 15) is 0 Å². The van der Waals surface area contributed by atoms with Gasteiger partial charge in [-0.15, -0.1) is 20.4 Å². The van der Waals surface area contributed by atoms with Crippen molar-refractivity contribution >= 4 is 11.8 Å². The van der Waals surface area contributed by atoms with Crippen LogP contribution in [0.3, 0.4) is 0 Å². The lowest BCUT2D eigenvalue weighted by Gasteiger charge is -1.99. The molecule has 108 valence electrons. The van der Waals surface area contributed by atoms with Gasteiger partial charge in [0.15, 0.2) is 5.16 Å². The van der Waals surface area contributed by atoms with Crippen LogP contribution in [0, 0.1) is 6.92 Å². The molecule has 0 aliphatic heterocycles. The normalized spacial score (nSPS) is 11.0. The van der Waals surface area contributed by atoms with Crippen LogP contribution in [0.25, 0.3) is 11.5 Å². The summed E-state index contributed by atoms with van der Waals surface area (Å²) in [6.07, 6.45) is 0.705. The third-order valence-electron chi connectivity index (χ3n) is 3.09. The minimum absolute atomic E-state index is 0.560. The van der Waals surface area contributed by atoms with E-state index < -0.39 is 0 Å². The van der Waals surface area contributed by atoms with Crippen LogP contribution in [0.4, 0.5) is 0 Å². The summed E-state index contributed by atoms with van der Waals surface area (Å²) in [5.74, 6) is 2.93. The average molecular weight is 301 g/mol. The number of thioether (sulfide) groups is 1.